The first-order chi connectivity index (χ1) is 10.7. The van der Waals surface area contributed by atoms with E-state index in [-0.39, 0.29) is 5.97 Å². The second-order valence-corrected chi connectivity index (χ2v) is 5.01. The first-order valence-electron chi connectivity index (χ1n) is 7.43. The Kier molecular flexibility index (Phi) is 6.01. The SMILES string of the molecule is COC(=O)CCCCCCOc1cc(=O)oc2ccccc12. The highest BCUT2D eigenvalue weighted by atomic mass is 16.5. The van der Waals surface area contributed by atoms with Crippen LogP contribution in [0.2, 0.25) is 0 Å². The van der Waals surface area contributed by atoms with Gasteiger partial charge in [-0.25, -0.2) is 4.79 Å². The molecule has 2 rings (SSSR count). The van der Waals surface area contributed by atoms with E-state index in [2.05, 4.69) is 4.74 Å². The zero-order chi connectivity index (χ0) is 15.8. The fourth-order valence-corrected chi connectivity index (χ4v) is 2.21. The van der Waals surface area contributed by atoms with Gasteiger partial charge < -0.3 is 13.9 Å². The van der Waals surface area contributed by atoms with Gasteiger partial charge in [-0.15, -0.1) is 0 Å². The minimum atomic E-state index is -0.410. The van der Waals surface area contributed by atoms with Gasteiger partial charge >= 0.3 is 11.6 Å². The second kappa shape index (κ2) is 8.22. The summed E-state index contributed by atoms with van der Waals surface area (Å²) in [6, 6.07) is 8.68. The maximum atomic E-state index is 11.5. The molecule has 0 aliphatic carbocycles. The number of carbonyl (C=O) groups is 1. The molecule has 0 saturated heterocycles. The molecule has 1 heterocycles. The molecular formula is C17H20O5. The zero-order valence-electron chi connectivity index (χ0n) is 12.7. The number of rotatable bonds is 8. The van der Waals surface area contributed by atoms with Crippen molar-refractivity contribution in [1.82, 2.24) is 0 Å². The lowest BCUT2D eigenvalue weighted by molar-refractivity contribution is -0.140. The fourth-order valence-electron chi connectivity index (χ4n) is 2.21. The van der Waals surface area contributed by atoms with E-state index in [1.54, 1.807) is 6.07 Å². The van der Waals surface area contributed by atoms with E-state index in [4.69, 9.17) is 9.15 Å². The summed E-state index contributed by atoms with van der Waals surface area (Å²) in [5.74, 6) is 0.389. The van der Waals surface area contributed by atoms with Crippen molar-refractivity contribution in [3.63, 3.8) is 0 Å². The number of ether oxygens (including phenoxy) is 2. The Morgan fingerprint density at radius 1 is 1.14 bits per heavy atom. The number of fused-ring (bicyclic) bond motifs is 1. The summed E-state index contributed by atoms with van der Waals surface area (Å²) in [6.45, 7) is 0.533. The molecule has 0 N–H and O–H groups in total. The maximum absolute atomic E-state index is 11.5. The molecule has 0 atom stereocenters. The lowest BCUT2D eigenvalue weighted by atomic mass is 10.1. The molecule has 0 spiro atoms. The van der Waals surface area contributed by atoms with E-state index < -0.39 is 5.63 Å². The van der Waals surface area contributed by atoms with Gasteiger partial charge in [-0.2, -0.15) is 0 Å². The molecule has 5 nitrogen and oxygen atoms in total. The summed E-state index contributed by atoms with van der Waals surface area (Å²) >= 11 is 0. The van der Waals surface area contributed by atoms with Crippen molar-refractivity contribution in [2.75, 3.05) is 13.7 Å². The van der Waals surface area contributed by atoms with Crippen LogP contribution in [0.25, 0.3) is 11.0 Å². The third kappa shape index (κ3) is 4.62. The van der Waals surface area contributed by atoms with Gasteiger partial charge in [0.05, 0.1) is 25.2 Å². The molecule has 0 aliphatic rings. The number of unbranched alkanes of at least 4 members (excludes halogenated alkanes) is 3. The monoisotopic (exact) mass is 304 g/mol. The van der Waals surface area contributed by atoms with E-state index in [1.165, 1.54) is 13.2 Å². The van der Waals surface area contributed by atoms with Crippen LogP contribution in [-0.4, -0.2) is 19.7 Å². The molecule has 0 amide bonds. The topological polar surface area (TPSA) is 65.7 Å². The second-order valence-electron chi connectivity index (χ2n) is 5.01. The van der Waals surface area contributed by atoms with Crippen molar-refractivity contribution in [3.8, 4) is 5.75 Å². The molecule has 0 bridgehead atoms. The minimum Gasteiger partial charge on any atom is -0.493 e. The minimum absolute atomic E-state index is 0.168. The van der Waals surface area contributed by atoms with Crippen LogP contribution in [0, 0.1) is 0 Å². The lowest BCUT2D eigenvalue weighted by Crippen LogP contribution is -2.03. The van der Waals surface area contributed by atoms with Crippen LogP contribution in [0.1, 0.15) is 32.1 Å². The molecular weight excluding hydrogens is 284 g/mol. The molecule has 0 unspecified atom stereocenters. The Morgan fingerprint density at radius 3 is 2.73 bits per heavy atom. The van der Waals surface area contributed by atoms with Crippen LogP contribution in [0.4, 0.5) is 0 Å². The van der Waals surface area contributed by atoms with Gasteiger partial charge in [0, 0.05) is 6.42 Å². The first kappa shape index (κ1) is 16.1. The number of benzene rings is 1. The van der Waals surface area contributed by atoms with Crippen molar-refractivity contribution in [3.05, 3.63) is 40.8 Å². The molecule has 0 aliphatic heterocycles. The van der Waals surface area contributed by atoms with Gasteiger partial charge in [0.2, 0.25) is 0 Å². The van der Waals surface area contributed by atoms with E-state index in [1.807, 2.05) is 18.2 Å². The van der Waals surface area contributed by atoms with E-state index in [9.17, 15) is 9.59 Å². The average Bonchev–Trinajstić information content (AvgIpc) is 2.53. The normalized spacial score (nSPS) is 10.6. The van der Waals surface area contributed by atoms with Crippen molar-refractivity contribution < 1.29 is 18.7 Å². The Bertz CT molecular complexity index is 674. The van der Waals surface area contributed by atoms with E-state index in [0.29, 0.717) is 24.4 Å². The zero-order valence-corrected chi connectivity index (χ0v) is 12.7. The van der Waals surface area contributed by atoms with Crippen LogP contribution >= 0.6 is 0 Å². The molecule has 22 heavy (non-hydrogen) atoms. The number of para-hydroxylation sites is 1. The van der Waals surface area contributed by atoms with Crippen LogP contribution in [-0.2, 0) is 9.53 Å². The Balaban J connectivity index is 1.78. The summed E-state index contributed by atoms with van der Waals surface area (Å²) < 4.78 is 15.4. The molecule has 0 saturated carbocycles. The fraction of sp³-hybridized carbons (Fsp3) is 0.412. The summed E-state index contributed by atoms with van der Waals surface area (Å²) in [4.78, 5) is 22.4. The van der Waals surface area contributed by atoms with Gasteiger partial charge in [-0.1, -0.05) is 25.0 Å². The Labute approximate surface area is 128 Å². The number of hydrogen-bond donors (Lipinski definition) is 0. The summed E-state index contributed by atoms with van der Waals surface area (Å²) in [5.41, 5.74) is 0.120. The highest BCUT2D eigenvalue weighted by molar-refractivity contribution is 5.82. The van der Waals surface area contributed by atoms with Crippen molar-refractivity contribution >= 4 is 16.9 Å². The van der Waals surface area contributed by atoms with Gasteiger partial charge in [0.15, 0.2) is 0 Å². The van der Waals surface area contributed by atoms with Crippen molar-refractivity contribution in [2.45, 2.75) is 32.1 Å². The van der Waals surface area contributed by atoms with Gasteiger partial charge in [0.1, 0.15) is 11.3 Å². The molecule has 1 aromatic carbocycles. The third-order valence-electron chi connectivity index (χ3n) is 3.37. The lowest BCUT2D eigenvalue weighted by Gasteiger charge is -2.08. The van der Waals surface area contributed by atoms with E-state index >= 15 is 0 Å². The standard InChI is InChI=1S/C17H20O5/c1-20-16(18)10-4-2-3-7-11-21-15-12-17(19)22-14-9-6-5-8-13(14)15/h5-6,8-9,12H,2-4,7,10-11H2,1H3. The average molecular weight is 304 g/mol. The Morgan fingerprint density at radius 2 is 1.91 bits per heavy atom. The van der Waals surface area contributed by atoms with Gasteiger partial charge in [0.25, 0.3) is 0 Å². The molecule has 0 radical (unpaired) electrons. The smallest absolute Gasteiger partial charge is 0.339 e. The predicted molar refractivity (Wildman–Crippen MR) is 83.1 cm³/mol. The first-order valence-corrected chi connectivity index (χ1v) is 7.43. The van der Waals surface area contributed by atoms with Crippen molar-refractivity contribution in [2.24, 2.45) is 0 Å². The molecule has 5 heteroatoms. The van der Waals surface area contributed by atoms with Crippen LogP contribution < -0.4 is 10.4 Å². The van der Waals surface area contributed by atoms with Gasteiger partial charge in [-0.05, 0) is 25.0 Å². The van der Waals surface area contributed by atoms with Gasteiger partial charge in [-0.3, -0.25) is 4.79 Å². The van der Waals surface area contributed by atoms with Crippen LogP contribution in [0.3, 0.4) is 0 Å². The van der Waals surface area contributed by atoms with Crippen molar-refractivity contribution in [1.29, 1.82) is 0 Å². The number of methoxy groups -OCH3 is 1. The summed E-state index contributed by atoms with van der Waals surface area (Å²) in [7, 11) is 1.40. The molecule has 0 fully saturated rings. The largest absolute Gasteiger partial charge is 0.493 e. The summed E-state index contributed by atoms with van der Waals surface area (Å²) in [5, 5.41) is 0.799. The number of carbonyl (C=O) groups excluding carboxylic acids is 1. The quantitative estimate of drug-likeness (QED) is 0.425. The number of esters is 1. The maximum Gasteiger partial charge on any atom is 0.339 e. The Hall–Kier alpha value is -2.30. The van der Waals surface area contributed by atoms with E-state index in [0.717, 1.165) is 31.1 Å². The summed E-state index contributed by atoms with van der Waals surface area (Å²) in [6.07, 6.45) is 4.08. The highest BCUT2D eigenvalue weighted by Gasteiger charge is 2.06. The predicted octanol–water partition coefficient (Wildman–Crippen LogP) is 3.30. The molecule has 2 aromatic rings. The number of hydrogen-bond acceptors (Lipinski definition) is 5. The van der Waals surface area contributed by atoms with Crippen LogP contribution in [0.5, 0.6) is 5.75 Å². The van der Waals surface area contributed by atoms with Crippen LogP contribution in [0.15, 0.2) is 39.5 Å². The molecule has 118 valence electrons. The highest BCUT2D eigenvalue weighted by Crippen LogP contribution is 2.23. The molecule has 1 aromatic heterocycles. The third-order valence-corrected chi connectivity index (χ3v) is 3.37.